The van der Waals surface area contributed by atoms with Crippen LogP contribution in [0.2, 0.25) is 0 Å². The van der Waals surface area contributed by atoms with Crippen molar-refractivity contribution in [2.45, 2.75) is 51.6 Å². The van der Waals surface area contributed by atoms with Gasteiger partial charge in [-0.05, 0) is 64.7 Å². The highest BCUT2D eigenvalue weighted by Crippen LogP contribution is 2.33. The fourth-order valence-corrected chi connectivity index (χ4v) is 3.92. The van der Waals surface area contributed by atoms with Crippen LogP contribution in [0.5, 0.6) is 0 Å². The van der Waals surface area contributed by atoms with Crippen LogP contribution in [0.4, 0.5) is 0 Å². The molecule has 2 rings (SSSR count). The van der Waals surface area contributed by atoms with Crippen molar-refractivity contribution in [2.75, 3.05) is 40.3 Å². The Morgan fingerprint density at radius 1 is 1.05 bits per heavy atom. The molecule has 0 spiro atoms. The Hall–Kier alpha value is -0.120. The third-order valence-electron chi connectivity index (χ3n) is 5.39. The van der Waals surface area contributed by atoms with Gasteiger partial charge in [0.2, 0.25) is 0 Å². The number of hydrogen-bond acceptors (Lipinski definition) is 3. The maximum atomic E-state index is 3.59. The summed E-state index contributed by atoms with van der Waals surface area (Å²) < 4.78 is 0. The standard InChI is InChI=1S/C16H33N3/c1-13(2)14-6-7-15(17-3)16(12-14)19-9-5-8-18(4)10-11-19/h13-17H,5-12H2,1-4H3. The minimum absolute atomic E-state index is 0.707. The van der Waals surface area contributed by atoms with Crippen LogP contribution in [-0.2, 0) is 0 Å². The van der Waals surface area contributed by atoms with Crippen LogP contribution >= 0.6 is 0 Å². The van der Waals surface area contributed by atoms with Gasteiger partial charge in [-0.3, -0.25) is 4.90 Å². The van der Waals surface area contributed by atoms with E-state index >= 15 is 0 Å². The minimum Gasteiger partial charge on any atom is -0.315 e. The second-order valence-corrected chi connectivity index (χ2v) is 6.97. The molecular formula is C16H33N3. The number of nitrogens with zero attached hydrogens (tertiary/aromatic N) is 2. The van der Waals surface area contributed by atoms with Crippen LogP contribution in [0.1, 0.15) is 39.5 Å². The number of hydrogen-bond donors (Lipinski definition) is 1. The van der Waals surface area contributed by atoms with Gasteiger partial charge in [-0.1, -0.05) is 13.8 Å². The topological polar surface area (TPSA) is 18.5 Å². The van der Waals surface area contributed by atoms with Gasteiger partial charge in [0.15, 0.2) is 0 Å². The molecule has 2 aliphatic rings. The summed E-state index contributed by atoms with van der Waals surface area (Å²) in [6.07, 6.45) is 5.49. The first-order valence-corrected chi connectivity index (χ1v) is 8.21. The summed E-state index contributed by atoms with van der Waals surface area (Å²) in [6.45, 7) is 9.84. The summed E-state index contributed by atoms with van der Waals surface area (Å²) in [5.74, 6) is 1.77. The van der Waals surface area contributed by atoms with Crippen LogP contribution in [0.25, 0.3) is 0 Å². The first-order chi connectivity index (χ1) is 9.11. The molecule has 1 aliphatic carbocycles. The van der Waals surface area contributed by atoms with Gasteiger partial charge in [-0.25, -0.2) is 0 Å². The molecule has 0 radical (unpaired) electrons. The zero-order valence-corrected chi connectivity index (χ0v) is 13.4. The molecule has 0 aromatic rings. The molecule has 1 aliphatic heterocycles. The molecule has 2 fully saturated rings. The largest absolute Gasteiger partial charge is 0.315 e. The van der Waals surface area contributed by atoms with Gasteiger partial charge in [-0.15, -0.1) is 0 Å². The van der Waals surface area contributed by atoms with E-state index in [1.165, 1.54) is 51.9 Å². The third-order valence-corrected chi connectivity index (χ3v) is 5.39. The average molecular weight is 267 g/mol. The molecule has 19 heavy (non-hydrogen) atoms. The van der Waals surface area contributed by atoms with Crippen molar-refractivity contribution < 1.29 is 0 Å². The Kier molecular flexibility index (Phi) is 5.67. The highest BCUT2D eigenvalue weighted by molar-refractivity contribution is 4.92. The zero-order chi connectivity index (χ0) is 13.8. The molecule has 3 heteroatoms. The Morgan fingerprint density at radius 2 is 1.84 bits per heavy atom. The van der Waals surface area contributed by atoms with Gasteiger partial charge in [-0.2, -0.15) is 0 Å². The second kappa shape index (κ2) is 7.05. The second-order valence-electron chi connectivity index (χ2n) is 6.97. The van der Waals surface area contributed by atoms with E-state index in [4.69, 9.17) is 0 Å². The summed E-state index contributed by atoms with van der Waals surface area (Å²) in [5.41, 5.74) is 0. The van der Waals surface area contributed by atoms with E-state index in [1.54, 1.807) is 0 Å². The van der Waals surface area contributed by atoms with Crippen LogP contribution in [0.15, 0.2) is 0 Å². The molecule has 1 heterocycles. The normalized spacial score (nSPS) is 35.5. The molecule has 0 aromatic heterocycles. The van der Waals surface area contributed by atoms with Crippen LogP contribution in [-0.4, -0.2) is 62.2 Å². The lowest BCUT2D eigenvalue weighted by Crippen LogP contribution is -2.53. The summed E-state index contributed by atoms with van der Waals surface area (Å²) in [4.78, 5) is 5.26. The Morgan fingerprint density at radius 3 is 2.53 bits per heavy atom. The lowest BCUT2D eigenvalue weighted by molar-refractivity contribution is 0.0888. The highest BCUT2D eigenvalue weighted by Gasteiger charge is 2.34. The fraction of sp³-hybridized carbons (Fsp3) is 1.00. The quantitative estimate of drug-likeness (QED) is 0.844. The van der Waals surface area contributed by atoms with Crippen LogP contribution in [0.3, 0.4) is 0 Å². The molecule has 3 atom stereocenters. The molecule has 0 amide bonds. The number of rotatable bonds is 3. The van der Waals surface area contributed by atoms with Crippen molar-refractivity contribution in [1.82, 2.24) is 15.1 Å². The van der Waals surface area contributed by atoms with E-state index in [9.17, 15) is 0 Å². The summed E-state index contributed by atoms with van der Waals surface area (Å²) in [7, 11) is 4.41. The zero-order valence-electron chi connectivity index (χ0n) is 13.4. The highest BCUT2D eigenvalue weighted by atomic mass is 15.2. The van der Waals surface area contributed by atoms with Crippen molar-refractivity contribution in [3.8, 4) is 0 Å². The van der Waals surface area contributed by atoms with Crippen molar-refractivity contribution >= 4 is 0 Å². The maximum Gasteiger partial charge on any atom is 0.0252 e. The molecule has 0 aromatic carbocycles. The van der Waals surface area contributed by atoms with Crippen LogP contribution in [0, 0.1) is 11.8 Å². The van der Waals surface area contributed by atoms with Crippen molar-refractivity contribution in [1.29, 1.82) is 0 Å². The average Bonchev–Trinajstić information content (AvgIpc) is 2.62. The third kappa shape index (κ3) is 3.93. The Labute approximate surface area is 119 Å². The summed E-state index contributed by atoms with van der Waals surface area (Å²) >= 11 is 0. The van der Waals surface area contributed by atoms with Crippen molar-refractivity contribution in [2.24, 2.45) is 11.8 Å². The maximum absolute atomic E-state index is 3.59. The SMILES string of the molecule is CNC1CCC(C(C)C)CC1N1CCCN(C)CC1. The van der Waals surface area contributed by atoms with E-state index in [1.807, 2.05) is 0 Å². The van der Waals surface area contributed by atoms with E-state index in [2.05, 4.69) is 43.1 Å². The van der Waals surface area contributed by atoms with Gasteiger partial charge in [0.05, 0.1) is 0 Å². The van der Waals surface area contributed by atoms with Gasteiger partial charge in [0, 0.05) is 25.2 Å². The Bertz CT molecular complexity index is 267. The predicted octanol–water partition coefficient (Wildman–Crippen LogP) is 2.04. The molecule has 3 unspecified atom stereocenters. The molecule has 1 N–H and O–H groups in total. The van der Waals surface area contributed by atoms with Gasteiger partial charge >= 0.3 is 0 Å². The monoisotopic (exact) mass is 267 g/mol. The van der Waals surface area contributed by atoms with Crippen molar-refractivity contribution in [3.05, 3.63) is 0 Å². The van der Waals surface area contributed by atoms with Crippen molar-refractivity contribution in [3.63, 3.8) is 0 Å². The molecule has 112 valence electrons. The lowest BCUT2D eigenvalue weighted by Gasteiger charge is -2.43. The smallest absolute Gasteiger partial charge is 0.0252 e. The molecule has 0 bridgehead atoms. The minimum atomic E-state index is 0.707. The molecular weight excluding hydrogens is 234 g/mol. The van der Waals surface area contributed by atoms with E-state index in [0.717, 1.165) is 17.9 Å². The predicted molar refractivity (Wildman–Crippen MR) is 82.5 cm³/mol. The van der Waals surface area contributed by atoms with E-state index < -0.39 is 0 Å². The van der Waals surface area contributed by atoms with Gasteiger partial charge in [0.1, 0.15) is 0 Å². The molecule has 1 saturated carbocycles. The van der Waals surface area contributed by atoms with Gasteiger partial charge < -0.3 is 10.2 Å². The number of likely N-dealkylation sites (N-methyl/N-ethyl adjacent to an activating group) is 2. The van der Waals surface area contributed by atoms with E-state index in [-0.39, 0.29) is 0 Å². The van der Waals surface area contributed by atoms with E-state index in [0.29, 0.717) is 6.04 Å². The molecule has 3 nitrogen and oxygen atoms in total. The van der Waals surface area contributed by atoms with Gasteiger partial charge in [0.25, 0.3) is 0 Å². The first-order valence-electron chi connectivity index (χ1n) is 8.21. The summed E-state index contributed by atoms with van der Waals surface area (Å²) in [5, 5.41) is 3.59. The lowest BCUT2D eigenvalue weighted by atomic mass is 9.76. The summed E-state index contributed by atoms with van der Waals surface area (Å²) in [6, 6.07) is 1.47. The molecule has 1 saturated heterocycles. The first kappa shape index (κ1) is 15.3. The number of nitrogens with one attached hydrogen (secondary N) is 1. The van der Waals surface area contributed by atoms with Crippen LogP contribution < -0.4 is 5.32 Å². The fourth-order valence-electron chi connectivity index (χ4n) is 3.92. The Balaban J connectivity index is 2.00.